The molecule has 22 heteroatoms. The predicted octanol–water partition coefficient (Wildman–Crippen LogP) is 4.95. The molecule has 0 radical (unpaired) electrons. The molecule has 5 aromatic rings. The van der Waals surface area contributed by atoms with Crippen LogP contribution in [0, 0.1) is 6.92 Å². The molecule has 0 spiro atoms. The second kappa shape index (κ2) is 32.6. The van der Waals surface area contributed by atoms with Gasteiger partial charge in [-0.3, -0.25) is 24.8 Å². The fourth-order valence-corrected chi connectivity index (χ4v) is 9.99. The van der Waals surface area contributed by atoms with E-state index >= 15 is 0 Å². The number of piperazine rings is 1. The number of unbranched alkanes of at least 4 members (excludes halogenated alkanes) is 3. The van der Waals surface area contributed by atoms with Gasteiger partial charge in [-0.15, -0.1) is 0 Å². The molecule has 8 N–H and O–H groups in total. The van der Waals surface area contributed by atoms with Crippen molar-refractivity contribution in [2.45, 2.75) is 82.9 Å². The second-order valence-electron chi connectivity index (χ2n) is 20.3. The van der Waals surface area contributed by atoms with Crippen LogP contribution in [0.3, 0.4) is 0 Å². The lowest BCUT2D eigenvalue weighted by molar-refractivity contribution is -0.158. The molecular weight excluding hydrogens is 1040 g/mol. The van der Waals surface area contributed by atoms with Gasteiger partial charge in [0.25, 0.3) is 5.91 Å². The van der Waals surface area contributed by atoms with E-state index < -0.39 is 36.9 Å². The molecule has 5 atom stereocenters. The van der Waals surface area contributed by atoms with Gasteiger partial charge < -0.3 is 69.7 Å². The monoisotopic (exact) mass is 1120 g/mol. The Labute approximate surface area is 474 Å². The third-order valence-corrected chi connectivity index (χ3v) is 14.4. The number of hydrogen-bond donors (Lipinski definition) is 8. The van der Waals surface area contributed by atoms with Crippen molar-refractivity contribution < 1.29 is 58.4 Å². The molecular formula is C59H80N10O12. The van der Waals surface area contributed by atoms with Gasteiger partial charge in [0, 0.05) is 97.2 Å². The molecule has 5 heterocycles. The Hall–Kier alpha value is -5.93. The molecule has 2 fully saturated rings. The predicted molar refractivity (Wildman–Crippen MR) is 304 cm³/mol. The molecule has 2 aromatic heterocycles. The zero-order valence-electron chi connectivity index (χ0n) is 46.3. The third kappa shape index (κ3) is 19.1. The number of rotatable bonds is 33. The first-order valence-corrected chi connectivity index (χ1v) is 28.2. The van der Waals surface area contributed by atoms with Gasteiger partial charge in [-0.2, -0.15) is 0 Å². The molecule has 0 saturated carbocycles. The van der Waals surface area contributed by atoms with Gasteiger partial charge in [0.05, 0.1) is 77.8 Å². The number of piperidine rings is 1. The van der Waals surface area contributed by atoms with Crippen LogP contribution in [0.25, 0.3) is 11.3 Å². The Morgan fingerprint density at radius 3 is 2.04 bits per heavy atom. The number of aryl methyl sites for hydroxylation is 1. The number of carbonyl (C=O) groups is 2. The van der Waals surface area contributed by atoms with Gasteiger partial charge in [0.15, 0.2) is 0 Å². The minimum atomic E-state index is -1.28. The molecule has 3 aliphatic heterocycles. The highest BCUT2D eigenvalue weighted by Crippen LogP contribution is 2.45. The van der Waals surface area contributed by atoms with Crippen molar-refractivity contribution in [1.82, 2.24) is 35.0 Å². The van der Waals surface area contributed by atoms with Crippen LogP contribution in [0.4, 0.5) is 23.0 Å². The lowest BCUT2D eigenvalue weighted by Gasteiger charge is -2.40. The average molecular weight is 1120 g/mol. The number of hydrogen-bond acceptors (Lipinski definition) is 20. The van der Waals surface area contributed by atoms with Crippen LogP contribution in [0.1, 0.15) is 83.6 Å². The van der Waals surface area contributed by atoms with Crippen LogP contribution in [-0.4, -0.2) is 192 Å². The number of ether oxygens (including phenoxy) is 6. The highest BCUT2D eigenvalue weighted by atomic mass is 16.6. The number of nitrogens with one attached hydrogen (secondary N) is 4. The van der Waals surface area contributed by atoms with E-state index in [0.717, 1.165) is 81.2 Å². The van der Waals surface area contributed by atoms with E-state index in [-0.39, 0.29) is 25.7 Å². The smallest absolute Gasteiger partial charge is 0.255 e. The Morgan fingerprint density at radius 1 is 0.667 bits per heavy atom. The fourth-order valence-electron chi connectivity index (χ4n) is 9.99. The molecule has 438 valence electrons. The standard InChI is InChI=1S/C59H80N10O12/c1-42-11-16-46(38-50(42)65-59-61-21-19-48(64-59)45-8-7-20-60-39-45)62-55(72)44-14-12-43(13-15-44)40-68-25-23-67(24-26-68)22-4-2-3-5-27-76-28-29-77-30-31-78-32-33-79-34-35-80-36-37-81-41-53(71)63-49-10-6-9-47-54(49)58(75)69(57(47)74)51-17-18-52(70)66-56(51)73/h6-16,19-21,38-39,51-52,56-58,66,70,73-75H,2-5,17-18,22-37,40-41H2,1H3,(H,62,72)(H,63,71)(H,61,64,65). The lowest BCUT2D eigenvalue weighted by atomic mass is 10.0. The molecule has 22 nitrogen and oxygen atoms in total. The van der Waals surface area contributed by atoms with E-state index in [1.807, 2.05) is 55.5 Å². The third-order valence-electron chi connectivity index (χ3n) is 14.4. The highest BCUT2D eigenvalue weighted by Gasteiger charge is 2.46. The van der Waals surface area contributed by atoms with Crippen LogP contribution in [0.5, 0.6) is 0 Å². The number of fused-ring (bicyclic) bond motifs is 1. The number of anilines is 4. The molecule has 8 rings (SSSR count). The number of pyridine rings is 1. The molecule has 0 aliphatic carbocycles. The minimum absolute atomic E-state index is 0.168. The largest absolute Gasteiger partial charge is 0.379 e. The van der Waals surface area contributed by atoms with Gasteiger partial charge in [-0.05, 0) is 98.8 Å². The highest BCUT2D eigenvalue weighted by molar-refractivity contribution is 6.04. The van der Waals surface area contributed by atoms with Crippen LogP contribution in [0.15, 0.2) is 97.5 Å². The summed E-state index contributed by atoms with van der Waals surface area (Å²) in [4.78, 5) is 45.6. The maximum Gasteiger partial charge on any atom is 0.255 e. The number of aliphatic hydroxyl groups is 4. The van der Waals surface area contributed by atoms with E-state index in [1.54, 1.807) is 36.8 Å². The number of aliphatic hydroxyl groups excluding tert-OH is 4. The van der Waals surface area contributed by atoms with E-state index in [0.29, 0.717) is 99.7 Å². The van der Waals surface area contributed by atoms with Crippen molar-refractivity contribution in [3.8, 4) is 11.3 Å². The molecule has 3 aromatic carbocycles. The Bertz CT molecular complexity index is 2690. The number of amides is 2. The van der Waals surface area contributed by atoms with Crippen molar-refractivity contribution in [2.75, 3.05) is 128 Å². The van der Waals surface area contributed by atoms with Gasteiger partial charge >= 0.3 is 0 Å². The van der Waals surface area contributed by atoms with Gasteiger partial charge in [0.1, 0.15) is 31.5 Å². The van der Waals surface area contributed by atoms with Crippen LogP contribution >= 0.6 is 0 Å². The second-order valence-corrected chi connectivity index (χ2v) is 20.3. The minimum Gasteiger partial charge on any atom is -0.379 e. The summed E-state index contributed by atoms with van der Waals surface area (Å²) in [5.41, 5.74) is 7.04. The Balaban J connectivity index is 0.560. The number of nitrogens with zero attached hydrogens (tertiary/aromatic N) is 6. The summed E-state index contributed by atoms with van der Waals surface area (Å²) in [5, 5.41) is 54.1. The molecule has 0 bridgehead atoms. The fraction of sp³-hybridized carbons (Fsp3) is 0.508. The Morgan fingerprint density at radius 2 is 1.35 bits per heavy atom. The number of carbonyl (C=O) groups excluding carboxylic acids is 2. The molecule has 2 amide bonds. The van der Waals surface area contributed by atoms with Gasteiger partial charge in [-0.1, -0.05) is 43.2 Å². The van der Waals surface area contributed by atoms with E-state index in [1.165, 1.54) is 23.3 Å². The number of aromatic nitrogens is 3. The summed E-state index contributed by atoms with van der Waals surface area (Å²) in [6.07, 6.45) is 5.95. The quantitative estimate of drug-likeness (QED) is 0.0259. The summed E-state index contributed by atoms with van der Waals surface area (Å²) in [7, 11) is 0. The van der Waals surface area contributed by atoms with Crippen molar-refractivity contribution in [2.24, 2.45) is 0 Å². The molecule has 3 aliphatic rings. The SMILES string of the molecule is Cc1ccc(NC(=O)c2ccc(CN3CCN(CCCCCCOCCOCCOCCOCCOCCOCC(=O)Nc4cccc5c4C(O)N(C4CCC(O)NC4O)C5O)CC3)cc2)cc1Nc1nccc(-c2cccnc2)n1. The first-order chi connectivity index (χ1) is 39.6. The first kappa shape index (κ1) is 61.1. The molecule has 81 heavy (non-hydrogen) atoms. The first-order valence-electron chi connectivity index (χ1n) is 28.2. The normalized spacial score (nSPS) is 19.6. The van der Waals surface area contributed by atoms with Crippen molar-refractivity contribution in [1.29, 1.82) is 0 Å². The van der Waals surface area contributed by atoms with Crippen LogP contribution < -0.4 is 21.3 Å². The summed E-state index contributed by atoms with van der Waals surface area (Å²) in [6.45, 7) is 12.8. The zero-order chi connectivity index (χ0) is 56.6. The molecule has 2 saturated heterocycles. The number of benzene rings is 3. The van der Waals surface area contributed by atoms with Crippen LogP contribution in [0.2, 0.25) is 0 Å². The van der Waals surface area contributed by atoms with E-state index in [9.17, 15) is 30.0 Å². The topological polar surface area (TPSA) is 267 Å². The van der Waals surface area contributed by atoms with Crippen molar-refractivity contribution >= 4 is 34.8 Å². The van der Waals surface area contributed by atoms with Crippen LogP contribution in [-0.2, 0) is 39.8 Å². The zero-order valence-corrected chi connectivity index (χ0v) is 46.3. The lowest BCUT2D eigenvalue weighted by Crippen LogP contribution is -2.57. The maximum atomic E-state index is 13.3. The van der Waals surface area contributed by atoms with E-state index in [4.69, 9.17) is 28.4 Å². The molecule has 5 unspecified atom stereocenters. The van der Waals surface area contributed by atoms with Gasteiger partial charge in [-0.25, -0.2) is 14.9 Å². The summed E-state index contributed by atoms with van der Waals surface area (Å²) in [5.74, 6) is -0.146. The summed E-state index contributed by atoms with van der Waals surface area (Å²) >= 11 is 0. The Kier molecular flexibility index (Phi) is 24.6. The van der Waals surface area contributed by atoms with Crippen molar-refractivity contribution in [3.63, 3.8) is 0 Å². The average Bonchev–Trinajstić information content (AvgIpc) is 3.60. The summed E-state index contributed by atoms with van der Waals surface area (Å²) < 4.78 is 33.5. The maximum absolute atomic E-state index is 13.3. The van der Waals surface area contributed by atoms with Crippen molar-refractivity contribution in [3.05, 3.63) is 125 Å². The van der Waals surface area contributed by atoms with E-state index in [2.05, 4.69) is 58.2 Å². The van der Waals surface area contributed by atoms with Gasteiger partial charge in [0.2, 0.25) is 11.9 Å². The summed E-state index contributed by atoms with van der Waals surface area (Å²) in [6, 6.07) is 23.6.